The number of hydrogen-bond acceptors (Lipinski definition) is 0. The molecule has 0 nitrogen and oxygen atoms in total. The quantitative estimate of drug-likeness (QED) is 0.159. The van der Waals surface area contributed by atoms with Gasteiger partial charge >= 0.3 is 0 Å². The summed E-state index contributed by atoms with van der Waals surface area (Å²) >= 11 is 0. The average molecular weight is 453 g/mol. The number of hydrogen-bond donors (Lipinski definition) is 0. The van der Waals surface area contributed by atoms with Crippen LogP contribution in [0.1, 0.15) is 0 Å². The molecule has 0 unspecified atom stereocenters. The molecule has 164 valence electrons. The van der Waals surface area contributed by atoms with Crippen LogP contribution in [0.25, 0.3) is 86.2 Å². The Kier molecular flexibility index (Phi) is 3.36. The highest BCUT2D eigenvalue weighted by molar-refractivity contribution is 6.31. The van der Waals surface area contributed by atoms with Crippen LogP contribution in [0.15, 0.2) is 121 Å². The van der Waals surface area contributed by atoms with Crippen molar-refractivity contribution in [2.24, 2.45) is 0 Å². The van der Waals surface area contributed by atoms with E-state index < -0.39 is 0 Å². The maximum atomic E-state index is 2.39. The minimum Gasteiger partial charge on any atom is -0.0610 e. The number of benzene rings is 9. The highest BCUT2D eigenvalue weighted by atomic mass is 14.2. The Bertz CT molecular complexity index is 2180. The van der Waals surface area contributed by atoms with E-state index in [-0.39, 0.29) is 0 Å². The fourth-order valence-electron chi connectivity index (χ4n) is 6.79. The second-order valence-corrected chi connectivity index (χ2v) is 10.1. The first-order valence-electron chi connectivity index (χ1n) is 12.6. The van der Waals surface area contributed by atoms with E-state index in [1.165, 1.54) is 86.2 Å². The van der Waals surface area contributed by atoms with Gasteiger partial charge in [-0.2, -0.15) is 0 Å². The van der Waals surface area contributed by atoms with E-state index in [9.17, 15) is 0 Å². The zero-order valence-corrected chi connectivity index (χ0v) is 19.5. The molecule has 0 atom stereocenters. The molecule has 0 saturated heterocycles. The van der Waals surface area contributed by atoms with Gasteiger partial charge in [0.05, 0.1) is 0 Å². The summed E-state index contributed by atoms with van der Waals surface area (Å²) in [6.45, 7) is 0. The van der Waals surface area contributed by atoms with Gasteiger partial charge < -0.3 is 0 Å². The maximum Gasteiger partial charge on any atom is -0.00324 e. The molecule has 0 N–H and O–H groups in total. The lowest BCUT2D eigenvalue weighted by atomic mass is 9.89. The molecule has 0 fully saturated rings. The smallest absolute Gasteiger partial charge is 0.00324 e. The molecule has 0 amide bonds. The molecule has 0 aromatic heterocycles. The molecule has 0 heteroatoms. The van der Waals surface area contributed by atoms with Gasteiger partial charge in [-0.25, -0.2) is 0 Å². The minimum absolute atomic E-state index is 1.31. The first kappa shape index (κ1) is 18.6. The summed E-state index contributed by atoms with van der Waals surface area (Å²) in [4.78, 5) is 0. The van der Waals surface area contributed by atoms with Crippen LogP contribution in [0.4, 0.5) is 0 Å². The molecule has 0 saturated carbocycles. The predicted molar refractivity (Wildman–Crippen MR) is 158 cm³/mol. The van der Waals surface area contributed by atoms with E-state index >= 15 is 0 Å². The molecule has 0 radical (unpaired) electrons. The lowest BCUT2D eigenvalue weighted by Gasteiger charge is -2.15. The second-order valence-electron chi connectivity index (χ2n) is 10.1. The van der Waals surface area contributed by atoms with Crippen LogP contribution in [0.3, 0.4) is 0 Å². The molecule has 0 bridgehead atoms. The van der Waals surface area contributed by atoms with Gasteiger partial charge in [0.2, 0.25) is 0 Å². The van der Waals surface area contributed by atoms with E-state index in [0.29, 0.717) is 0 Å². The van der Waals surface area contributed by atoms with Crippen molar-refractivity contribution in [1.82, 2.24) is 0 Å². The van der Waals surface area contributed by atoms with Crippen LogP contribution in [-0.4, -0.2) is 0 Å². The van der Waals surface area contributed by atoms with Crippen molar-refractivity contribution in [3.63, 3.8) is 0 Å². The van der Waals surface area contributed by atoms with Crippen molar-refractivity contribution < 1.29 is 0 Å². The fourth-order valence-corrected chi connectivity index (χ4v) is 6.79. The molecule has 0 aliphatic rings. The van der Waals surface area contributed by atoms with E-state index in [1.807, 2.05) is 0 Å². The maximum absolute atomic E-state index is 2.39. The van der Waals surface area contributed by atoms with Gasteiger partial charge in [0.15, 0.2) is 0 Å². The standard InChI is InChI=1S/C36H20/c1-5-21-7-3-11-31-29-17-13-25-26-14-18-30-32-12-4-8-22-6-2-10-24(36(22)32)20-34(30)28(26)16-15-27(25)33(29)19-23(9-1)35(21)31/h1-20H. The molecular formula is C36H20. The Morgan fingerprint density at radius 3 is 0.944 bits per heavy atom. The lowest BCUT2D eigenvalue weighted by Crippen LogP contribution is -1.87. The van der Waals surface area contributed by atoms with E-state index in [2.05, 4.69) is 121 Å². The molecule has 36 heavy (non-hydrogen) atoms. The molecular weight excluding hydrogens is 432 g/mol. The van der Waals surface area contributed by atoms with Crippen molar-refractivity contribution in [3.8, 4) is 0 Å². The zero-order valence-electron chi connectivity index (χ0n) is 19.5. The van der Waals surface area contributed by atoms with Gasteiger partial charge in [-0.3, -0.25) is 0 Å². The zero-order chi connectivity index (χ0) is 23.4. The van der Waals surface area contributed by atoms with Gasteiger partial charge in [0.25, 0.3) is 0 Å². The summed E-state index contributed by atoms with van der Waals surface area (Å²) < 4.78 is 0. The SMILES string of the molecule is c1cc2cccc3c4ccc5c6ccc7c(cc8cccc9cccc7c98)c6ccc5c4cc(c1)c23. The Hall–Kier alpha value is -4.68. The van der Waals surface area contributed by atoms with Crippen LogP contribution in [0.2, 0.25) is 0 Å². The van der Waals surface area contributed by atoms with Gasteiger partial charge in [-0.1, -0.05) is 109 Å². The largest absolute Gasteiger partial charge is 0.0610 e. The van der Waals surface area contributed by atoms with E-state index in [0.717, 1.165) is 0 Å². The van der Waals surface area contributed by atoms with Crippen LogP contribution >= 0.6 is 0 Å². The molecule has 9 rings (SSSR count). The minimum atomic E-state index is 1.31. The lowest BCUT2D eigenvalue weighted by molar-refractivity contribution is 1.79. The summed E-state index contributed by atoms with van der Waals surface area (Å²) in [5.74, 6) is 0. The fraction of sp³-hybridized carbons (Fsp3) is 0. The van der Waals surface area contributed by atoms with Gasteiger partial charge in [-0.15, -0.1) is 0 Å². The summed E-state index contributed by atoms with van der Waals surface area (Å²) in [5.41, 5.74) is 0. The molecule has 0 spiro atoms. The number of rotatable bonds is 0. The topological polar surface area (TPSA) is 0 Å². The van der Waals surface area contributed by atoms with E-state index in [4.69, 9.17) is 0 Å². The van der Waals surface area contributed by atoms with Gasteiger partial charge in [0, 0.05) is 0 Å². The van der Waals surface area contributed by atoms with Crippen LogP contribution < -0.4 is 0 Å². The van der Waals surface area contributed by atoms with Crippen molar-refractivity contribution in [1.29, 1.82) is 0 Å². The molecule has 0 aliphatic carbocycles. The molecule has 9 aromatic rings. The molecule has 0 aliphatic heterocycles. The highest BCUT2D eigenvalue weighted by Gasteiger charge is 2.13. The van der Waals surface area contributed by atoms with Gasteiger partial charge in [0.1, 0.15) is 0 Å². The highest BCUT2D eigenvalue weighted by Crippen LogP contribution is 2.41. The Morgan fingerprint density at radius 2 is 0.528 bits per heavy atom. The summed E-state index contributed by atoms with van der Waals surface area (Å²) in [7, 11) is 0. The van der Waals surface area contributed by atoms with Crippen molar-refractivity contribution in [2.45, 2.75) is 0 Å². The first-order chi connectivity index (χ1) is 17.8. The van der Waals surface area contributed by atoms with Crippen LogP contribution in [0, 0.1) is 0 Å². The van der Waals surface area contributed by atoms with Crippen molar-refractivity contribution >= 4 is 86.2 Å². The second kappa shape index (κ2) is 6.50. The van der Waals surface area contributed by atoms with Crippen LogP contribution in [-0.2, 0) is 0 Å². The van der Waals surface area contributed by atoms with Crippen LogP contribution in [0.5, 0.6) is 0 Å². The monoisotopic (exact) mass is 452 g/mol. The molecule has 0 heterocycles. The normalized spacial score (nSPS) is 12.4. The average Bonchev–Trinajstić information content (AvgIpc) is 2.93. The first-order valence-corrected chi connectivity index (χ1v) is 12.6. The van der Waals surface area contributed by atoms with E-state index in [1.54, 1.807) is 0 Å². The Labute approximate surface area is 207 Å². The summed E-state index contributed by atoms with van der Waals surface area (Å²) in [6, 6.07) is 45.4. The van der Waals surface area contributed by atoms with Crippen molar-refractivity contribution in [3.05, 3.63) is 121 Å². The Morgan fingerprint density at radius 1 is 0.222 bits per heavy atom. The third kappa shape index (κ3) is 2.25. The van der Waals surface area contributed by atoms with Crippen molar-refractivity contribution in [2.75, 3.05) is 0 Å². The summed E-state index contributed by atoms with van der Waals surface area (Å²) in [5, 5.41) is 21.3. The third-order valence-corrected chi connectivity index (χ3v) is 8.34. The van der Waals surface area contributed by atoms with Gasteiger partial charge in [-0.05, 0) is 98.3 Å². The predicted octanol–water partition coefficient (Wildman–Crippen LogP) is 10.3. The summed E-state index contributed by atoms with van der Waals surface area (Å²) in [6.07, 6.45) is 0. The number of fused-ring (bicyclic) bond motifs is 9. The Balaban J connectivity index is 1.45. The third-order valence-electron chi connectivity index (χ3n) is 8.34. The molecule has 9 aromatic carbocycles.